The van der Waals surface area contributed by atoms with Crippen LogP contribution < -0.4 is 9.47 Å². The van der Waals surface area contributed by atoms with Crippen molar-refractivity contribution >= 4 is 51.1 Å². The molecule has 1 fully saturated rings. The lowest BCUT2D eigenvalue weighted by Gasteiger charge is -2.56. The normalized spacial score (nSPS) is 21.2. The number of hydrogen-bond donors (Lipinski definition) is 0. The zero-order chi connectivity index (χ0) is 49.0. The van der Waals surface area contributed by atoms with E-state index in [2.05, 4.69) is 74.0 Å². The third-order valence-electron chi connectivity index (χ3n) is 13.5. The van der Waals surface area contributed by atoms with Gasteiger partial charge in [-0.1, -0.05) is 87.3 Å². The molecule has 1 saturated heterocycles. The summed E-state index contributed by atoms with van der Waals surface area (Å²) in [6, 6.07) is 27.3. The summed E-state index contributed by atoms with van der Waals surface area (Å²) >= 11 is 12.9. The monoisotopic (exact) mass is 989 g/mol. The maximum atomic E-state index is 13.6. The molecule has 0 N–H and O–H groups in total. The number of halogens is 2. The van der Waals surface area contributed by atoms with E-state index in [0.717, 1.165) is 39.8 Å². The minimum Gasteiger partial charge on any atom is -0.493 e. The molecule has 3 heterocycles. The van der Waals surface area contributed by atoms with E-state index >= 15 is 0 Å². The predicted molar refractivity (Wildman–Crippen MR) is 271 cm³/mol. The minimum atomic E-state index is -3.52. The summed E-state index contributed by atoms with van der Waals surface area (Å²) in [5, 5.41) is 3.51. The van der Waals surface area contributed by atoms with Crippen molar-refractivity contribution in [2.45, 2.75) is 70.6 Å². The first-order valence-electron chi connectivity index (χ1n) is 23.3. The van der Waals surface area contributed by atoms with Gasteiger partial charge >= 0.3 is 0 Å². The van der Waals surface area contributed by atoms with Crippen LogP contribution in [0.1, 0.15) is 87.0 Å². The number of sulfone groups is 1. The Bertz CT molecular complexity index is 2590. The van der Waals surface area contributed by atoms with Crippen molar-refractivity contribution < 1.29 is 36.8 Å². The van der Waals surface area contributed by atoms with E-state index in [9.17, 15) is 13.2 Å². The number of hydrogen-bond acceptors (Lipinski definition) is 11. The molecule has 0 saturated carbocycles. The Labute approximate surface area is 413 Å². The van der Waals surface area contributed by atoms with Gasteiger partial charge in [-0.05, 0) is 84.6 Å². The second-order valence-electron chi connectivity index (χ2n) is 19.3. The van der Waals surface area contributed by atoms with Crippen LogP contribution >= 0.6 is 23.2 Å². The third kappa shape index (κ3) is 11.0. The average molecular weight is 991 g/mol. The highest BCUT2D eigenvalue weighted by Crippen LogP contribution is 2.43. The SMILES string of the molecule is CCOc1cc(C(C)(C)COC)ccc1C1=NC(c2ccc(Cl)cc2)CN1C1CN(C=O)CC[N+]1(CCS(C)(=O)=O)N1CC(c2ccc(Cl)cc2)N=C1c1ccc(C(C)(C)COC)cc1OCC. The Morgan fingerprint density at radius 2 is 1.21 bits per heavy atom. The molecule has 0 spiro atoms. The van der Waals surface area contributed by atoms with Crippen LogP contribution in [-0.2, 0) is 34.9 Å². The molecule has 68 heavy (non-hydrogen) atoms. The molecule has 0 aromatic heterocycles. The first-order chi connectivity index (χ1) is 32.4. The molecule has 0 aliphatic carbocycles. The summed E-state index contributed by atoms with van der Waals surface area (Å²) in [5.41, 5.74) is 4.91. The second-order valence-corrected chi connectivity index (χ2v) is 22.5. The van der Waals surface area contributed by atoms with Crippen LogP contribution in [0.4, 0.5) is 0 Å². The highest BCUT2D eigenvalue weighted by Gasteiger charge is 2.56. The number of benzene rings is 4. The Morgan fingerprint density at radius 1 is 0.721 bits per heavy atom. The van der Waals surface area contributed by atoms with E-state index in [0.29, 0.717) is 85.8 Å². The third-order valence-corrected chi connectivity index (χ3v) is 14.9. The molecular weight excluding hydrogens is 924 g/mol. The number of carbonyl (C=O) groups excluding carboxylic acids is 1. The highest BCUT2D eigenvalue weighted by atomic mass is 35.5. The molecule has 1 amide bonds. The second kappa shape index (κ2) is 21.1. The molecule has 4 atom stereocenters. The zero-order valence-corrected chi connectivity index (χ0v) is 43.2. The number of methoxy groups -OCH3 is 2. The van der Waals surface area contributed by atoms with E-state index in [-0.39, 0.29) is 46.3 Å². The molecule has 3 aliphatic heterocycles. The molecule has 0 radical (unpaired) electrons. The number of rotatable bonds is 20. The van der Waals surface area contributed by atoms with Gasteiger partial charge in [0.2, 0.25) is 12.6 Å². The lowest BCUT2D eigenvalue weighted by atomic mass is 9.84. The van der Waals surface area contributed by atoms with Gasteiger partial charge in [-0.25, -0.2) is 13.4 Å². The first kappa shape index (κ1) is 51.2. The van der Waals surface area contributed by atoms with Gasteiger partial charge in [-0.3, -0.25) is 14.8 Å². The zero-order valence-electron chi connectivity index (χ0n) is 40.9. The van der Waals surface area contributed by atoms with Gasteiger partial charge in [-0.15, -0.1) is 0 Å². The molecule has 13 nitrogen and oxygen atoms in total. The lowest BCUT2D eigenvalue weighted by Crippen LogP contribution is -2.77. The summed E-state index contributed by atoms with van der Waals surface area (Å²) < 4.78 is 51.5. The van der Waals surface area contributed by atoms with Gasteiger partial charge in [-0.2, -0.15) is 4.59 Å². The Hall–Kier alpha value is -4.70. The van der Waals surface area contributed by atoms with Crippen LogP contribution in [0.15, 0.2) is 94.9 Å². The van der Waals surface area contributed by atoms with Crippen molar-refractivity contribution in [3.63, 3.8) is 0 Å². The summed E-state index contributed by atoms with van der Waals surface area (Å²) in [5.74, 6) is 2.53. The average Bonchev–Trinajstić information content (AvgIpc) is 3.95. The number of amidine groups is 2. The van der Waals surface area contributed by atoms with Crippen molar-refractivity contribution in [3.05, 3.63) is 128 Å². The highest BCUT2D eigenvalue weighted by molar-refractivity contribution is 7.90. The lowest BCUT2D eigenvalue weighted by molar-refractivity contribution is -1.05. The summed E-state index contributed by atoms with van der Waals surface area (Å²) in [7, 11) is -0.121. The van der Waals surface area contributed by atoms with E-state index in [1.807, 2.05) is 62.4 Å². The van der Waals surface area contributed by atoms with Gasteiger partial charge in [0, 0.05) is 41.4 Å². The quantitative estimate of drug-likeness (QED) is 0.0634. The number of piperazine rings is 1. The van der Waals surface area contributed by atoms with E-state index < -0.39 is 16.0 Å². The number of nitrogens with zero attached hydrogens (tertiary/aromatic N) is 6. The molecule has 4 aromatic carbocycles. The molecule has 3 aliphatic rings. The Kier molecular flexibility index (Phi) is 15.9. The van der Waals surface area contributed by atoms with Crippen LogP contribution in [0.3, 0.4) is 0 Å². The van der Waals surface area contributed by atoms with Gasteiger partial charge in [0.1, 0.15) is 42.2 Å². The summed E-state index contributed by atoms with van der Waals surface area (Å²) in [4.78, 5) is 28.2. The van der Waals surface area contributed by atoms with Crippen LogP contribution in [0, 0.1) is 0 Å². The van der Waals surface area contributed by atoms with Gasteiger partial charge < -0.3 is 28.7 Å². The number of quaternary nitrogens is 1. The van der Waals surface area contributed by atoms with E-state index in [1.165, 1.54) is 6.26 Å². The van der Waals surface area contributed by atoms with Crippen LogP contribution in [-0.4, -0.2) is 144 Å². The summed E-state index contributed by atoms with van der Waals surface area (Å²) in [6.45, 7) is 16.3. The van der Waals surface area contributed by atoms with Gasteiger partial charge in [0.05, 0.1) is 69.8 Å². The summed E-state index contributed by atoms with van der Waals surface area (Å²) in [6.07, 6.45) is 1.61. The fraction of sp³-hybridized carbons (Fsp3) is 0.481. The number of amides is 1. The Morgan fingerprint density at radius 3 is 1.68 bits per heavy atom. The smallest absolute Gasteiger partial charge is 0.210 e. The molecular formula is C52H67Cl2N6O7S+. The molecule has 16 heteroatoms. The van der Waals surface area contributed by atoms with E-state index in [1.54, 1.807) is 19.1 Å². The molecule has 366 valence electrons. The topological polar surface area (TPSA) is 123 Å². The van der Waals surface area contributed by atoms with Gasteiger partial charge in [0.25, 0.3) is 0 Å². The van der Waals surface area contributed by atoms with Crippen LogP contribution in [0.2, 0.25) is 10.0 Å². The number of ether oxygens (including phenoxy) is 4. The number of carbonyl (C=O) groups is 1. The fourth-order valence-corrected chi connectivity index (χ4v) is 10.8. The molecule has 0 bridgehead atoms. The fourth-order valence-electron chi connectivity index (χ4n) is 9.86. The van der Waals surface area contributed by atoms with Crippen molar-refractivity contribution in [3.8, 4) is 11.5 Å². The Balaban J connectivity index is 1.47. The van der Waals surface area contributed by atoms with Crippen molar-refractivity contribution in [2.24, 2.45) is 9.98 Å². The minimum absolute atomic E-state index is 0.123. The maximum absolute atomic E-state index is 13.6. The van der Waals surface area contributed by atoms with Crippen LogP contribution in [0.5, 0.6) is 11.5 Å². The number of aliphatic imine (C=N–C) groups is 2. The van der Waals surface area contributed by atoms with Crippen molar-refractivity contribution in [1.82, 2.24) is 14.8 Å². The first-order valence-corrected chi connectivity index (χ1v) is 26.2. The largest absolute Gasteiger partial charge is 0.493 e. The van der Waals surface area contributed by atoms with Gasteiger partial charge in [0.15, 0.2) is 15.7 Å². The van der Waals surface area contributed by atoms with Crippen molar-refractivity contribution in [1.29, 1.82) is 0 Å². The van der Waals surface area contributed by atoms with E-state index in [4.69, 9.17) is 52.1 Å². The predicted octanol–water partition coefficient (Wildman–Crippen LogP) is 8.52. The molecule has 7 rings (SSSR count). The standard InChI is InChI=1S/C52H67Cl2N6O7S/c1-10-66-46-28-38(51(3,4)33-64-7)16-22-42(46)49-55-44(36-12-18-40(53)19-13-36)30-58(49)48-32-57(35-61)24-25-60(48,26-27-68(9,62)63)59-31-45(37-14-20-41(54)21-15-37)56-50(59)43-23-17-39(29-47(43)67-11-2)52(5,6)34-65-8/h12-23,28-29,35,44-45,48H,10-11,24-27,30-34H2,1-9H3/q+1. The molecule has 4 aromatic rings. The van der Waals surface area contributed by atoms with Crippen LogP contribution in [0.25, 0.3) is 0 Å². The molecule has 4 unspecified atom stereocenters. The maximum Gasteiger partial charge on any atom is 0.210 e. The van der Waals surface area contributed by atoms with Crippen molar-refractivity contribution in [2.75, 3.05) is 91.9 Å².